The summed E-state index contributed by atoms with van der Waals surface area (Å²) in [5, 5.41) is 35.9. The van der Waals surface area contributed by atoms with Crippen molar-refractivity contribution < 1.29 is 15.1 Å². The first-order valence-corrected chi connectivity index (χ1v) is 5.62. The number of aromatic nitrogens is 2. The zero-order valence-corrected chi connectivity index (χ0v) is 10.6. The maximum absolute atomic E-state index is 11.1. The predicted molar refractivity (Wildman–Crippen MR) is 65.5 cm³/mol. The molecule has 0 amide bonds. The third-order valence-corrected chi connectivity index (χ3v) is 2.49. The highest BCUT2D eigenvalue weighted by molar-refractivity contribution is 5.60. The molecule has 18 heavy (non-hydrogen) atoms. The molecule has 0 saturated carbocycles. The van der Waals surface area contributed by atoms with Gasteiger partial charge in [-0.3, -0.25) is 10.1 Å². The molecule has 8 nitrogen and oxygen atoms in total. The van der Waals surface area contributed by atoms with Gasteiger partial charge in [-0.15, -0.1) is 0 Å². The lowest BCUT2D eigenvalue weighted by Gasteiger charge is -2.09. The van der Waals surface area contributed by atoms with Crippen LogP contribution in [0, 0.1) is 10.1 Å². The minimum absolute atomic E-state index is 0.0222. The summed E-state index contributed by atoms with van der Waals surface area (Å²) in [6.07, 6.45) is -0.970. The van der Waals surface area contributed by atoms with Gasteiger partial charge in [0.05, 0.1) is 17.6 Å². The van der Waals surface area contributed by atoms with Crippen molar-refractivity contribution >= 4 is 11.5 Å². The largest absolute Gasteiger partial charge is 0.394 e. The molecule has 1 heterocycles. The van der Waals surface area contributed by atoms with Crippen LogP contribution in [-0.4, -0.2) is 44.2 Å². The van der Waals surface area contributed by atoms with Crippen LogP contribution >= 0.6 is 0 Å². The van der Waals surface area contributed by atoms with Gasteiger partial charge in [-0.05, 0) is 0 Å². The number of nitrogens with one attached hydrogen (secondary N) is 1. The predicted octanol–water partition coefficient (Wildman–Crippen LogP) is 0.217. The molecule has 0 spiro atoms. The second-order valence-electron chi connectivity index (χ2n) is 4.34. The van der Waals surface area contributed by atoms with E-state index in [0.29, 0.717) is 5.69 Å². The van der Waals surface area contributed by atoms with Crippen molar-refractivity contribution in [3.63, 3.8) is 0 Å². The van der Waals surface area contributed by atoms with Crippen LogP contribution in [0.15, 0.2) is 0 Å². The van der Waals surface area contributed by atoms with Crippen molar-refractivity contribution in [2.24, 2.45) is 7.05 Å². The molecule has 0 aliphatic heterocycles. The van der Waals surface area contributed by atoms with Crippen LogP contribution in [0.25, 0.3) is 0 Å². The zero-order valence-electron chi connectivity index (χ0n) is 10.6. The fraction of sp³-hybridized carbons (Fsp3) is 0.700. The molecule has 8 heteroatoms. The van der Waals surface area contributed by atoms with E-state index in [0.717, 1.165) is 0 Å². The van der Waals surface area contributed by atoms with E-state index in [4.69, 9.17) is 5.11 Å². The van der Waals surface area contributed by atoms with E-state index in [9.17, 15) is 15.2 Å². The van der Waals surface area contributed by atoms with Gasteiger partial charge in [0.25, 0.3) is 0 Å². The number of rotatable bonds is 6. The van der Waals surface area contributed by atoms with Crippen molar-refractivity contribution in [3.05, 3.63) is 15.8 Å². The molecule has 1 aromatic rings. The van der Waals surface area contributed by atoms with Crippen molar-refractivity contribution in [2.75, 3.05) is 18.5 Å². The van der Waals surface area contributed by atoms with Crippen molar-refractivity contribution in [1.82, 2.24) is 9.78 Å². The Hall–Kier alpha value is -1.67. The Morgan fingerprint density at radius 1 is 1.56 bits per heavy atom. The average Bonchev–Trinajstić information content (AvgIpc) is 2.63. The lowest BCUT2D eigenvalue weighted by molar-refractivity contribution is -0.384. The van der Waals surface area contributed by atoms with Crippen molar-refractivity contribution in [2.45, 2.75) is 25.9 Å². The molecule has 0 aromatic carbocycles. The molecule has 0 fully saturated rings. The van der Waals surface area contributed by atoms with E-state index in [1.165, 1.54) is 4.68 Å². The molecule has 0 bridgehead atoms. The van der Waals surface area contributed by atoms with Gasteiger partial charge < -0.3 is 15.5 Å². The fourth-order valence-corrected chi connectivity index (χ4v) is 1.58. The van der Waals surface area contributed by atoms with E-state index in [2.05, 4.69) is 10.4 Å². The summed E-state index contributed by atoms with van der Waals surface area (Å²) < 4.78 is 1.37. The topological polar surface area (TPSA) is 113 Å². The van der Waals surface area contributed by atoms with Gasteiger partial charge in [0.15, 0.2) is 0 Å². The third-order valence-electron chi connectivity index (χ3n) is 2.49. The highest BCUT2D eigenvalue weighted by Crippen LogP contribution is 2.32. The van der Waals surface area contributed by atoms with Gasteiger partial charge in [0.2, 0.25) is 5.82 Å². The lowest BCUT2D eigenvalue weighted by atomic mass is 10.1. The Labute approximate surface area is 104 Å². The average molecular weight is 258 g/mol. The standard InChI is InChI=1S/C10H18N4O4/c1-6(2)8-9(14(17)18)10(13(3)12-8)11-4-7(16)5-15/h6-7,11,15-16H,4-5H2,1-3H3. The molecule has 1 rings (SSSR count). The van der Waals surface area contributed by atoms with Gasteiger partial charge in [0, 0.05) is 19.5 Å². The first-order valence-electron chi connectivity index (χ1n) is 5.62. The Morgan fingerprint density at radius 2 is 2.17 bits per heavy atom. The number of hydrogen-bond acceptors (Lipinski definition) is 6. The first-order chi connectivity index (χ1) is 8.38. The van der Waals surface area contributed by atoms with Gasteiger partial charge in [-0.1, -0.05) is 13.8 Å². The highest BCUT2D eigenvalue weighted by atomic mass is 16.6. The summed E-state index contributed by atoms with van der Waals surface area (Å²) in [5.74, 6) is 0.158. The summed E-state index contributed by atoms with van der Waals surface area (Å²) in [6, 6.07) is 0. The lowest BCUT2D eigenvalue weighted by Crippen LogP contribution is -2.24. The maximum atomic E-state index is 11.1. The molecule has 0 saturated heterocycles. The van der Waals surface area contributed by atoms with E-state index in [1.807, 2.05) is 13.8 Å². The summed E-state index contributed by atoms with van der Waals surface area (Å²) in [7, 11) is 1.59. The fourth-order valence-electron chi connectivity index (χ4n) is 1.58. The van der Waals surface area contributed by atoms with Crippen LogP contribution in [0.3, 0.4) is 0 Å². The summed E-state index contributed by atoms with van der Waals surface area (Å²) >= 11 is 0. The molecule has 0 radical (unpaired) electrons. The third kappa shape index (κ3) is 2.96. The summed E-state index contributed by atoms with van der Waals surface area (Å²) in [5.41, 5.74) is 0.307. The Balaban J connectivity index is 3.06. The van der Waals surface area contributed by atoms with E-state index < -0.39 is 17.6 Å². The number of nitro groups is 1. The molecule has 1 atom stereocenters. The number of aliphatic hydroxyl groups is 2. The first kappa shape index (κ1) is 14.4. The normalized spacial score (nSPS) is 12.8. The molecule has 1 unspecified atom stereocenters. The molecule has 0 aliphatic rings. The minimum atomic E-state index is -0.970. The second kappa shape index (κ2) is 5.78. The highest BCUT2D eigenvalue weighted by Gasteiger charge is 2.28. The smallest absolute Gasteiger partial charge is 0.334 e. The summed E-state index contributed by atoms with van der Waals surface area (Å²) in [4.78, 5) is 10.6. The summed E-state index contributed by atoms with van der Waals surface area (Å²) in [6.45, 7) is 3.26. The van der Waals surface area contributed by atoms with Crippen LogP contribution in [0.1, 0.15) is 25.5 Å². The van der Waals surface area contributed by atoms with Crippen molar-refractivity contribution in [3.8, 4) is 0 Å². The monoisotopic (exact) mass is 258 g/mol. The van der Waals surface area contributed by atoms with Gasteiger partial charge >= 0.3 is 5.69 Å². The van der Waals surface area contributed by atoms with Crippen LogP contribution in [0.2, 0.25) is 0 Å². The zero-order chi connectivity index (χ0) is 13.9. The number of aryl methyl sites for hydroxylation is 1. The Bertz CT molecular complexity index is 430. The molecule has 0 aliphatic carbocycles. The Kier molecular flexibility index (Phi) is 4.62. The van der Waals surface area contributed by atoms with Crippen LogP contribution in [0.5, 0.6) is 0 Å². The second-order valence-corrected chi connectivity index (χ2v) is 4.34. The molecule has 102 valence electrons. The SMILES string of the molecule is CC(C)c1nn(C)c(NCC(O)CO)c1[N+](=O)[O-]. The number of anilines is 1. The van der Waals surface area contributed by atoms with E-state index in [-0.39, 0.29) is 24.0 Å². The van der Waals surface area contributed by atoms with Crippen LogP contribution < -0.4 is 5.32 Å². The molecule has 1 aromatic heterocycles. The maximum Gasteiger partial charge on any atom is 0.334 e. The van der Waals surface area contributed by atoms with Gasteiger partial charge in [-0.25, -0.2) is 4.68 Å². The van der Waals surface area contributed by atoms with Gasteiger partial charge in [-0.2, -0.15) is 5.10 Å². The number of aliphatic hydroxyl groups excluding tert-OH is 2. The number of hydrogen-bond donors (Lipinski definition) is 3. The molecular weight excluding hydrogens is 240 g/mol. The van der Waals surface area contributed by atoms with Crippen LogP contribution in [0.4, 0.5) is 11.5 Å². The quantitative estimate of drug-likeness (QED) is 0.496. The molecule has 3 N–H and O–H groups in total. The molecular formula is C10H18N4O4. The van der Waals surface area contributed by atoms with Crippen molar-refractivity contribution in [1.29, 1.82) is 0 Å². The Morgan fingerprint density at radius 3 is 2.61 bits per heavy atom. The van der Waals surface area contributed by atoms with Crippen LogP contribution in [-0.2, 0) is 7.05 Å². The van der Waals surface area contributed by atoms with Gasteiger partial charge in [0.1, 0.15) is 5.69 Å². The van der Waals surface area contributed by atoms with E-state index >= 15 is 0 Å². The van der Waals surface area contributed by atoms with E-state index in [1.54, 1.807) is 7.05 Å². The minimum Gasteiger partial charge on any atom is -0.394 e. The number of nitrogens with zero attached hydrogens (tertiary/aromatic N) is 3.